The van der Waals surface area contributed by atoms with E-state index in [2.05, 4.69) is 20.7 Å². The summed E-state index contributed by atoms with van der Waals surface area (Å²) in [4.78, 5) is 8.95. The lowest BCUT2D eigenvalue weighted by atomic mass is 10.2. The van der Waals surface area contributed by atoms with Gasteiger partial charge < -0.3 is 14.9 Å². The van der Waals surface area contributed by atoms with Crippen LogP contribution in [0.3, 0.4) is 0 Å². The van der Waals surface area contributed by atoms with E-state index in [0.29, 0.717) is 6.07 Å². The van der Waals surface area contributed by atoms with Gasteiger partial charge in [0, 0.05) is 21.1 Å². The van der Waals surface area contributed by atoms with Crippen LogP contribution < -0.4 is 4.74 Å². The first kappa shape index (κ1) is 22.0. The summed E-state index contributed by atoms with van der Waals surface area (Å²) < 4.78 is 65.9. The summed E-state index contributed by atoms with van der Waals surface area (Å²) in [6, 6.07) is 3.23. The topological polar surface area (TPSA) is 127 Å². The largest absolute Gasteiger partial charge is 0.573 e. The quantitative estimate of drug-likeness (QED) is 0.457. The van der Waals surface area contributed by atoms with Crippen molar-refractivity contribution < 1.29 is 41.5 Å². The van der Waals surface area contributed by atoms with Crippen LogP contribution in [-0.4, -0.2) is 29.9 Å². The molecule has 28 heavy (non-hydrogen) atoms. The third-order valence-corrected chi connectivity index (χ3v) is 5.59. The number of benzene rings is 2. The number of ether oxygens (including phenoxy) is 1. The smallest absolute Gasteiger partial charge is 0.503 e. The molecule has 0 fully saturated rings. The number of nitro groups is 1. The monoisotopic (exact) mass is 505 g/mol. The highest BCUT2D eigenvalue weighted by molar-refractivity contribution is 9.10. The minimum absolute atomic E-state index is 0.163. The van der Waals surface area contributed by atoms with Crippen molar-refractivity contribution in [1.29, 1.82) is 0 Å². The number of hydrogen-bond donors (Lipinski definition) is 2. The van der Waals surface area contributed by atoms with Crippen molar-refractivity contribution in [3.8, 4) is 17.2 Å². The van der Waals surface area contributed by atoms with E-state index in [-0.39, 0.29) is 9.50 Å². The molecule has 8 nitrogen and oxygen atoms in total. The van der Waals surface area contributed by atoms with Crippen LogP contribution in [0.4, 0.5) is 18.9 Å². The van der Waals surface area contributed by atoms with Gasteiger partial charge in [-0.2, -0.15) is 0 Å². The van der Waals surface area contributed by atoms with E-state index in [4.69, 9.17) is 11.6 Å². The molecule has 0 heterocycles. The van der Waals surface area contributed by atoms with Crippen LogP contribution in [0.2, 0.25) is 5.02 Å². The number of phenolic OH excluding ortho intramolecular Hbond substituents is 2. The predicted octanol–water partition coefficient (Wildman–Crippen LogP) is 4.29. The average molecular weight is 507 g/mol. The molecule has 2 aromatic rings. The zero-order valence-electron chi connectivity index (χ0n) is 13.2. The second-order valence-corrected chi connectivity index (χ2v) is 8.56. The Labute approximate surface area is 168 Å². The molecule has 152 valence electrons. The van der Waals surface area contributed by atoms with Crippen LogP contribution in [0.1, 0.15) is 5.56 Å². The fourth-order valence-electron chi connectivity index (χ4n) is 2.16. The second kappa shape index (κ2) is 7.64. The number of hydrogen-bond acceptors (Lipinski definition) is 7. The highest BCUT2D eigenvalue weighted by Gasteiger charge is 2.34. The summed E-state index contributed by atoms with van der Waals surface area (Å²) in [5.74, 6) is -4.59. The molecular weight excluding hydrogens is 499 g/mol. The molecule has 2 aromatic carbocycles. The fraction of sp³-hybridized carbons (Fsp3) is 0.143. The van der Waals surface area contributed by atoms with Crippen molar-refractivity contribution in [2.24, 2.45) is 0 Å². The van der Waals surface area contributed by atoms with E-state index in [1.54, 1.807) is 0 Å². The van der Waals surface area contributed by atoms with Crippen LogP contribution >= 0.6 is 27.5 Å². The Morgan fingerprint density at radius 1 is 1.18 bits per heavy atom. The number of aromatic hydroxyl groups is 2. The third kappa shape index (κ3) is 4.97. The van der Waals surface area contributed by atoms with Crippen LogP contribution in [-0.2, 0) is 15.6 Å². The van der Waals surface area contributed by atoms with Crippen LogP contribution in [0, 0.1) is 10.1 Å². The maximum Gasteiger partial charge on any atom is 0.573 e. The molecule has 0 saturated carbocycles. The Morgan fingerprint density at radius 2 is 1.79 bits per heavy atom. The minimum atomic E-state index is -5.20. The summed E-state index contributed by atoms with van der Waals surface area (Å²) in [7, 11) is -4.59. The van der Waals surface area contributed by atoms with Gasteiger partial charge in [0.1, 0.15) is 4.90 Å². The van der Waals surface area contributed by atoms with E-state index in [1.807, 2.05) is 0 Å². The normalized spacial score (nSPS) is 12.0. The van der Waals surface area contributed by atoms with Crippen LogP contribution in [0.5, 0.6) is 17.2 Å². The molecule has 0 aliphatic carbocycles. The molecule has 2 N–H and O–H groups in total. The summed E-state index contributed by atoms with van der Waals surface area (Å²) in [5, 5.41) is 30.5. The van der Waals surface area contributed by atoms with Crippen LogP contribution in [0.15, 0.2) is 33.6 Å². The van der Waals surface area contributed by atoms with Crippen molar-refractivity contribution in [3.63, 3.8) is 0 Å². The standard InChI is InChI=1S/C14H8BrClF3NO7S/c15-7-2-10(27-14(17,18)19)13(22)11(3-7)28(25,26)5-6-1-8(16)4-9(12(6)21)20(23)24/h1-4,21-22H,5H2. The van der Waals surface area contributed by atoms with E-state index >= 15 is 0 Å². The molecule has 0 aliphatic rings. The maximum atomic E-state index is 12.6. The Morgan fingerprint density at radius 3 is 2.32 bits per heavy atom. The molecule has 0 unspecified atom stereocenters. The predicted molar refractivity (Wildman–Crippen MR) is 93.2 cm³/mol. The highest BCUT2D eigenvalue weighted by atomic mass is 79.9. The molecule has 2 rings (SSSR count). The zero-order valence-corrected chi connectivity index (χ0v) is 16.4. The first-order valence-corrected chi connectivity index (χ1v) is 9.70. The molecule has 14 heteroatoms. The Bertz CT molecular complexity index is 1060. The summed E-state index contributed by atoms with van der Waals surface area (Å²) in [6.07, 6.45) is -5.20. The van der Waals surface area contributed by atoms with Gasteiger partial charge in [-0.25, -0.2) is 8.42 Å². The lowest BCUT2D eigenvalue weighted by Crippen LogP contribution is -2.18. The van der Waals surface area contributed by atoms with Gasteiger partial charge in [-0.05, 0) is 18.2 Å². The SMILES string of the molecule is O=[N+]([O-])c1cc(Cl)cc(CS(=O)(=O)c2cc(Br)cc(OC(F)(F)F)c2O)c1O. The van der Waals surface area contributed by atoms with E-state index < -0.39 is 60.3 Å². The Hall–Kier alpha value is -2.25. The fourth-order valence-corrected chi connectivity index (χ4v) is 4.47. The van der Waals surface area contributed by atoms with Gasteiger partial charge in [0.15, 0.2) is 27.1 Å². The molecule has 0 radical (unpaired) electrons. The molecule has 0 aliphatic heterocycles. The van der Waals surface area contributed by atoms with Crippen molar-refractivity contribution in [2.75, 3.05) is 0 Å². The number of rotatable bonds is 5. The van der Waals surface area contributed by atoms with Gasteiger partial charge in [0.2, 0.25) is 0 Å². The van der Waals surface area contributed by atoms with Crippen molar-refractivity contribution >= 4 is 43.1 Å². The molecule has 0 amide bonds. The van der Waals surface area contributed by atoms with Crippen molar-refractivity contribution in [1.82, 2.24) is 0 Å². The van der Waals surface area contributed by atoms with Gasteiger partial charge in [0.05, 0.1) is 10.7 Å². The molecule has 0 aromatic heterocycles. The van der Waals surface area contributed by atoms with Gasteiger partial charge in [0.25, 0.3) is 0 Å². The van der Waals surface area contributed by atoms with Crippen molar-refractivity contribution in [3.05, 3.63) is 49.4 Å². The van der Waals surface area contributed by atoms with Gasteiger partial charge in [-0.1, -0.05) is 27.5 Å². The summed E-state index contributed by atoms with van der Waals surface area (Å²) in [5.41, 5.74) is -1.35. The van der Waals surface area contributed by atoms with Gasteiger partial charge >= 0.3 is 12.0 Å². The number of sulfone groups is 1. The molecule has 0 spiro atoms. The number of phenols is 2. The summed E-state index contributed by atoms with van der Waals surface area (Å²) in [6.45, 7) is 0. The van der Waals surface area contributed by atoms with Gasteiger partial charge in [-0.3, -0.25) is 10.1 Å². The average Bonchev–Trinajstić information content (AvgIpc) is 2.51. The minimum Gasteiger partial charge on any atom is -0.503 e. The lowest BCUT2D eigenvalue weighted by Gasteiger charge is -2.14. The van der Waals surface area contributed by atoms with Crippen molar-refractivity contribution in [2.45, 2.75) is 17.0 Å². The Kier molecular flexibility index (Phi) is 6.01. The molecule has 0 bridgehead atoms. The highest BCUT2D eigenvalue weighted by Crippen LogP contribution is 2.41. The van der Waals surface area contributed by atoms with Gasteiger partial charge in [-0.15, -0.1) is 13.2 Å². The molecule has 0 saturated heterocycles. The molecule has 0 atom stereocenters. The first-order chi connectivity index (χ1) is 12.7. The third-order valence-electron chi connectivity index (χ3n) is 3.24. The number of alkyl halides is 3. The van der Waals surface area contributed by atoms with E-state index in [1.165, 1.54) is 0 Å². The maximum absolute atomic E-state index is 12.6. The van der Waals surface area contributed by atoms with E-state index in [0.717, 1.165) is 18.2 Å². The first-order valence-electron chi connectivity index (χ1n) is 6.88. The molecular formula is C14H8BrClF3NO7S. The zero-order chi connectivity index (χ0) is 21.4. The number of nitrogens with zero attached hydrogens (tertiary/aromatic N) is 1. The van der Waals surface area contributed by atoms with E-state index in [9.17, 15) is 41.9 Å². The Balaban J connectivity index is 2.57. The number of nitro benzene ring substituents is 1. The second-order valence-electron chi connectivity index (χ2n) is 5.25. The number of halogens is 5. The van der Waals surface area contributed by atoms with Crippen LogP contribution in [0.25, 0.3) is 0 Å². The summed E-state index contributed by atoms with van der Waals surface area (Å²) >= 11 is 8.49. The lowest BCUT2D eigenvalue weighted by molar-refractivity contribution is -0.385.